The Morgan fingerprint density at radius 2 is 1.71 bits per heavy atom. The molecule has 0 radical (unpaired) electrons. The van der Waals surface area contributed by atoms with Crippen molar-refractivity contribution in [2.75, 3.05) is 0 Å². The smallest absolute Gasteiger partial charge is 0.250 e. The van der Waals surface area contributed by atoms with Gasteiger partial charge in [-0.05, 0) is 49.9 Å². The van der Waals surface area contributed by atoms with Crippen molar-refractivity contribution in [3.05, 3.63) is 24.0 Å². The van der Waals surface area contributed by atoms with Crippen molar-refractivity contribution in [2.45, 2.75) is 71.0 Å². The van der Waals surface area contributed by atoms with E-state index in [9.17, 15) is 0 Å². The van der Waals surface area contributed by atoms with Gasteiger partial charge in [-0.15, -0.1) is 0 Å². The third-order valence-electron chi connectivity index (χ3n) is 3.86. The van der Waals surface area contributed by atoms with Crippen LogP contribution in [-0.4, -0.2) is 8.32 Å². The zero-order valence-electron chi connectivity index (χ0n) is 12.2. The van der Waals surface area contributed by atoms with Gasteiger partial charge in [-0.3, -0.25) is 0 Å². The maximum absolute atomic E-state index is 6.41. The van der Waals surface area contributed by atoms with Crippen LogP contribution in [-0.2, 0) is 4.43 Å². The minimum absolute atomic E-state index is 0.296. The summed E-state index contributed by atoms with van der Waals surface area (Å²) in [4.78, 5) is 0. The van der Waals surface area contributed by atoms with Crippen LogP contribution < -0.4 is 0 Å². The largest absolute Gasteiger partial charge is 0.547 e. The monoisotopic (exact) mass is 252 g/mol. The van der Waals surface area contributed by atoms with Crippen LogP contribution in [0.15, 0.2) is 24.0 Å². The average molecular weight is 252 g/mol. The molecule has 0 fully saturated rings. The van der Waals surface area contributed by atoms with Crippen LogP contribution in [0.25, 0.3) is 0 Å². The molecule has 0 spiro atoms. The minimum atomic E-state index is -1.64. The van der Waals surface area contributed by atoms with E-state index in [4.69, 9.17) is 4.43 Å². The van der Waals surface area contributed by atoms with Crippen LogP contribution in [0.2, 0.25) is 18.1 Å². The van der Waals surface area contributed by atoms with E-state index in [1.807, 2.05) is 0 Å². The van der Waals surface area contributed by atoms with Gasteiger partial charge in [-0.1, -0.05) is 32.9 Å². The third-order valence-corrected chi connectivity index (χ3v) is 8.24. The van der Waals surface area contributed by atoms with E-state index in [-0.39, 0.29) is 0 Å². The molecule has 0 N–H and O–H groups in total. The van der Waals surface area contributed by atoms with Gasteiger partial charge >= 0.3 is 0 Å². The van der Waals surface area contributed by atoms with E-state index in [1.165, 1.54) is 18.6 Å². The lowest BCUT2D eigenvalue weighted by atomic mass is 10.2. The van der Waals surface area contributed by atoms with Crippen molar-refractivity contribution in [3.8, 4) is 0 Å². The summed E-state index contributed by atoms with van der Waals surface area (Å²) in [5.74, 6) is 1.25. The van der Waals surface area contributed by atoms with Crippen LogP contribution in [0.1, 0.15) is 52.9 Å². The molecule has 0 atom stereocenters. The topological polar surface area (TPSA) is 9.23 Å². The first-order chi connectivity index (χ1) is 7.83. The highest BCUT2D eigenvalue weighted by Gasteiger charge is 2.39. The fourth-order valence-corrected chi connectivity index (χ4v) is 2.79. The van der Waals surface area contributed by atoms with Crippen molar-refractivity contribution < 1.29 is 4.43 Å². The van der Waals surface area contributed by atoms with Crippen molar-refractivity contribution in [1.29, 1.82) is 0 Å². The maximum atomic E-state index is 6.41. The third kappa shape index (κ3) is 4.70. The highest BCUT2D eigenvalue weighted by molar-refractivity contribution is 6.74. The predicted octanol–water partition coefficient (Wildman–Crippen LogP) is 5.41. The first-order valence-electron chi connectivity index (χ1n) is 6.86. The number of hydrogen-bond acceptors (Lipinski definition) is 1. The van der Waals surface area contributed by atoms with E-state index in [2.05, 4.69) is 52.1 Å². The zero-order valence-corrected chi connectivity index (χ0v) is 13.2. The molecule has 0 aromatic rings. The lowest BCUT2D eigenvalue weighted by Crippen LogP contribution is -2.40. The summed E-state index contributed by atoms with van der Waals surface area (Å²) < 4.78 is 6.41. The van der Waals surface area contributed by atoms with Crippen molar-refractivity contribution >= 4 is 8.32 Å². The van der Waals surface area contributed by atoms with Gasteiger partial charge in [0, 0.05) is 6.42 Å². The van der Waals surface area contributed by atoms with E-state index in [1.54, 1.807) is 0 Å². The summed E-state index contributed by atoms with van der Waals surface area (Å²) in [5, 5.41) is 0.296. The number of hydrogen-bond donors (Lipinski definition) is 0. The Morgan fingerprint density at radius 3 is 2.35 bits per heavy atom. The van der Waals surface area contributed by atoms with Crippen molar-refractivity contribution in [2.24, 2.45) is 0 Å². The highest BCUT2D eigenvalue weighted by Crippen LogP contribution is 2.38. The minimum Gasteiger partial charge on any atom is -0.547 e. The maximum Gasteiger partial charge on any atom is 0.250 e. The van der Waals surface area contributed by atoms with E-state index < -0.39 is 8.32 Å². The summed E-state index contributed by atoms with van der Waals surface area (Å²) in [6.07, 6.45) is 12.7. The lowest BCUT2D eigenvalue weighted by Gasteiger charge is -2.37. The molecule has 0 saturated carbocycles. The Hall–Kier alpha value is -0.503. The Kier molecular flexibility index (Phi) is 5.05. The van der Waals surface area contributed by atoms with Gasteiger partial charge in [0.05, 0.1) is 5.76 Å². The molecule has 0 aliphatic heterocycles. The molecule has 1 aliphatic carbocycles. The molecule has 1 aliphatic rings. The molecular weight excluding hydrogens is 224 g/mol. The van der Waals surface area contributed by atoms with Gasteiger partial charge in [-0.25, -0.2) is 0 Å². The first kappa shape index (κ1) is 14.6. The van der Waals surface area contributed by atoms with Gasteiger partial charge in [0.1, 0.15) is 0 Å². The molecule has 0 bridgehead atoms. The summed E-state index contributed by atoms with van der Waals surface area (Å²) in [6, 6.07) is 0. The fourth-order valence-electron chi connectivity index (χ4n) is 1.65. The van der Waals surface area contributed by atoms with Crippen molar-refractivity contribution in [1.82, 2.24) is 0 Å². The zero-order chi connectivity index (χ0) is 12.9. The normalized spacial score (nSPS) is 23.9. The van der Waals surface area contributed by atoms with Crippen molar-refractivity contribution in [3.63, 3.8) is 0 Å². The van der Waals surface area contributed by atoms with E-state index in [0.717, 1.165) is 19.3 Å². The van der Waals surface area contributed by atoms with Crippen LogP contribution >= 0.6 is 0 Å². The second-order valence-corrected chi connectivity index (χ2v) is 11.2. The fraction of sp³-hybridized carbons (Fsp3) is 0.733. The van der Waals surface area contributed by atoms with Gasteiger partial charge in [0.15, 0.2) is 0 Å². The molecule has 0 aromatic carbocycles. The average Bonchev–Trinajstić information content (AvgIpc) is 2.29. The first-order valence-corrected chi connectivity index (χ1v) is 9.77. The Bertz CT molecular complexity index is 295. The Balaban J connectivity index is 2.66. The molecular formula is C15H28OSi. The number of rotatable bonds is 2. The molecule has 17 heavy (non-hydrogen) atoms. The molecule has 0 unspecified atom stereocenters. The van der Waals surface area contributed by atoms with Crippen LogP contribution in [0.4, 0.5) is 0 Å². The SMILES string of the molecule is CC(C)(C)[Si](C)(C)O/C1=C/CC/C=C/CCC1. The predicted molar refractivity (Wildman–Crippen MR) is 78.6 cm³/mol. The summed E-state index contributed by atoms with van der Waals surface area (Å²) >= 11 is 0. The summed E-state index contributed by atoms with van der Waals surface area (Å²) in [5.41, 5.74) is 0. The summed E-state index contributed by atoms with van der Waals surface area (Å²) in [6.45, 7) is 11.6. The molecule has 98 valence electrons. The van der Waals surface area contributed by atoms with Gasteiger partial charge < -0.3 is 4.43 Å². The van der Waals surface area contributed by atoms with Gasteiger partial charge in [0.25, 0.3) is 0 Å². The molecule has 0 heterocycles. The number of allylic oxidation sites excluding steroid dienone is 4. The van der Waals surface area contributed by atoms with Crippen LogP contribution in [0.3, 0.4) is 0 Å². The molecule has 1 rings (SSSR count). The van der Waals surface area contributed by atoms with Crippen LogP contribution in [0, 0.1) is 0 Å². The molecule has 0 saturated heterocycles. The summed E-state index contributed by atoms with van der Waals surface area (Å²) in [7, 11) is -1.64. The molecule has 1 nitrogen and oxygen atoms in total. The van der Waals surface area contributed by atoms with E-state index >= 15 is 0 Å². The highest BCUT2D eigenvalue weighted by atomic mass is 28.4. The molecule has 2 heteroatoms. The standard InChI is InChI=1S/C15H28OSi/c1-15(2,3)17(4,5)16-14-12-10-8-6-7-9-11-13-14/h6-7,12H,8-11,13H2,1-5H3/b7-6+,14-12+. The second-order valence-electron chi connectivity index (χ2n) is 6.47. The van der Waals surface area contributed by atoms with E-state index in [0.29, 0.717) is 5.04 Å². The Morgan fingerprint density at radius 1 is 1.06 bits per heavy atom. The second kappa shape index (κ2) is 5.90. The van der Waals surface area contributed by atoms with Gasteiger partial charge in [0.2, 0.25) is 8.32 Å². The van der Waals surface area contributed by atoms with Gasteiger partial charge in [-0.2, -0.15) is 0 Å². The lowest BCUT2D eigenvalue weighted by molar-refractivity contribution is 0.362. The van der Waals surface area contributed by atoms with Crippen LogP contribution in [0.5, 0.6) is 0 Å². The Labute approximate surface area is 108 Å². The molecule has 0 aromatic heterocycles. The quantitative estimate of drug-likeness (QED) is 0.471. The molecule has 0 amide bonds.